The highest BCUT2D eigenvalue weighted by Crippen LogP contribution is 2.24. The average Bonchev–Trinajstić information content (AvgIpc) is 3.33. The zero-order chi connectivity index (χ0) is 28.1. The quantitative estimate of drug-likeness (QED) is 0.0798. The maximum absolute atomic E-state index is 2.70. The van der Waals surface area contributed by atoms with Gasteiger partial charge in [-0.2, -0.15) is 0 Å². The minimum atomic E-state index is 0.642. The lowest BCUT2D eigenvalue weighted by molar-refractivity contribution is 0.135. The summed E-state index contributed by atoms with van der Waals surface area (Å²) in [6.45, 7) is 9.47. The van der Waals surface area contributed by atoms with Crippen LogP contribution in [0, 0.1) is 0 Å². The van der Waals surface area contributed by atoms with E-state index in [-0.39, 0.29) is 0 Å². The van der Waals surface area contributed by atoms with Crippen LogP contribution >= 0.6 is 0 Å². The molecule has 0 amide bonds. The molecule has 0 N–H and O–H groups in total. The van der Waals surface area contributed by atoms with Crippen LogP contribution in [0.1, 0.15) is 207 Å². The van der Waals surface area contributed by atoms with E-state index in [1.807, 2.05) is 0 Å². The van der Waals surface area contributed by atoms with Gasteiger partial charge in [0.2, 0.25) is 0 Å². The fraction of sp³-hybridized carbons (Fsp3) is 0.946. The Morgan fingerprint density at radius 3 is 0.923 bits per heavy atom. The van der Waals surface area contributed by atoms with E-state index in [1.54, 1.807) is 0 Å². The van der Waals surface area contributed by atoms with E-state index in [9.17, 15) is 0 Å². The maximum atomic E-state index is 2.70. The van der Waals surface area contributed by atoms with E-state index in [2.05, 4.69) is 43.0 Å². The SMILES string of the molecule is CCCCCCCCCCCCCCCCCCC1N(CCCCCC)C=CN1CCCCCCCCCC. The van der Waals surface area contributed by atoms with Gasteiger partial charge in [-0.3, -0.25) is 0 Å². The average molecular weight is 547 g/mol. The molecule has 0 fully saturated rings. The molecule has 0 aromatic heterocycles. The van der Waals surface area contributed by atoms with Crippen LogP contribution in [0.25, 0.3) is 0 Å². The Morgan fingerprint density at radius 1 is 0.333 bits per heavy atom. The van der Waals surface area contributed by atoms with Crippen LogP contribution in [0.2, 0.25) is 0 Å². The van der Waals surface area contributed by atoms with Gasteiger partial charge in [-0.05, 0) is 25.7 Å². The maximum Gasteiger partial charge on any atom is 0.101 e. The van der Waals surface area contributed by atoms with Crippen molar-refractivity contribution in [1.29, 1.82) is 0 Å². The lowest BCUT2D eigenvalue weighted by Gasteiger charge is -2.33. The van der Waals surface area contributed by atoms with Crippen molar-refractivity contribution in [2.24, 2.45) is 0 Å². The molecule has 0 saturated heterocycles. The summed E-state index contributed by atoms with van der Waals surface area (Å²) in [4.78, 5) is 5.38. The Hall–Kier alpha value is -0.660. The first-order valence-corrected chi connectivity index (χ1v) is 18.5. The topological polar surface area (TPSA) is 6.48 Å². The van der Waals surface area contributed by atoms with Gasteiger partial charge in [0.15, 0.2) is 0 Å². The summed E-state index contributed by atoms with van der Waals surface area (Å²) < 4.78 is 0. The molecule has 0 radical (unpaired) electrons. The summed E-state index contributed by atoms with van der Waals surface area (Å²) in [5.41, 5.74) is 0. The normalized spacial score (nSPS) is 15.2. The summed E-state index contributed by atoms with van der Waals surface area (Å²) >= 11 is 0. The monoisotopic (exact) mass is 547 g/mol. The second kappa shape index (κ2) is 28.9. The molecule has 0 aliphatic carbocycles. The zero-order valence-corrected chi connectivity index (χ0v) is 27.5. The van der Waals surface area contributed by atoms with Gasteiger partial charge in [-0.1, -0.05) is 181 Å². The first-order chi connectivity index (χ1) is 19.3. The Kier molecular flexibility index (Phi) is 26.9. The van der Waals surface area contributed by atoms with E-state index in [4.69, 9.17) is 0 Å². The van der Waals surface area contributed by atoms with Gasteiger partial charge in [0, 0.05) is 25.5 Å². The van der Waals surface area contributed by atoms with Crippen molar-refractivity contribution in [2.45, 2.75) is 213 Å². The van der Waals surface area contributed by atoms with Crippen LogP contribution in [-0.4, -0.2) is 29.1 Å². The van der Waals surface area contributed by atoms with Crippen LogP contribution in [-0.2, 0) is 0 Å². The molecule has 1 aliphatic rings. The van der Waals surface area contributed by atoms with Crippen LogP contribution in [0.4, 0.5) is 0 Å². The van der Waals surface area contributed by atoms with Gasteiger partial charge in [0.25, 0.3) is 0 Å². The highest BCUT2D eigenvalue weighted by Gasteiger charge is 2.24. The van der Waals surface area contributed by atoms with Crippen molar-refractivity contribution in [3.05, 3.63) is 12.4 Å². The number of hydrogen-bond donors (Lipinski definition) is 0. The molecule has 1 rings (SSSR count). The van der Waals surface area contributed by atoms with Gasteiger partial charge in [-0.15, -0.1) is 0 Å². The smallest absolute Gasteiger partial charge is 0.101 e. The zero-order valence-electron chi connectivity index (χ0n) is 27.5. The lowest BCUT2D eigenvalue weighted by atomic mass is 10.0. The van der Waals surface area contributed by atoms with Crippen LogP contribution in [0.5, 0.6) is 0 Å². The first-order valence-electron chi connectivity index (χ1n) is 18.5. The predicted octanol–water partition coefficient (Wildman–Crippen LogP) is 12.8. The first kappa shape index (κ1) is 36.4. The van der Waals surface area contributed by atoms with Crippen LogP contribution < -0.4 is 0 Å². The molecule has 0 aromatic carbocycles. The third kappa shape index (κ3) is 21.7. The molecule has 1 atom stereocenters. The molecule has 0 bridgehead atoms. The molecular formula is C37H74N2. The third-order valence-corrected chi connectivity index (χ3v) is 9.07. The highest BCUT2D eigenvalue weighted by molar-refractivity contribution is 4.97. The molecule has 2 nitrogen and oxygen atoms in total. The lowest BCUT2D eigenvalue weighted by Crippen LogP contribution is -2.39. The van der Waals surface area contributed by atoms with Crippen molar-refractivity contribution in [1.82, 2.24) is 9.80 Å². The van der Waals surface area contributed by atoms with Gasteiger partial charge in [-0.25, -0.2) is 0 Å². The van der Waals surface area contributed by atoms with Crippen molar-refractivity contribution in [2.75, 3.05) is 13.1 Å². The number of rotatable bonds is 31. The van der Waals surface area contributed by atoms with E-state index in [0.717, 1.165) is 0 Å². The van der Waals surface area contributed by atoms with Gasteiger partial charge in [0.05, 0.1) is 0 Å². The van der Waals surface area contributed by atoms with E-state index in [0.29, 0.717) is 6.17 Å². The molecule has 1 unspecified atom stereocenters. The second-order valence-corrected chi connectivity index (χ2v) is 12.9. The number of nitrogens with zero attached hydrogens (tertiary/aromatic N) is 2. The highest BCUT2D eigenvalue weighted by atomic mass is 15.4. The van der Waals surface area contributed by atoms with Crippen molar-refractivity contribution in [3.63, 3.8) is 0 Å². The number of hydrogen-bond acceptors (Lipinski definition) is 2. The molecule has 232 valence electrons. The minimum absolute atomic E-state index is 0.642. The molecule has 1 heterocycles. The minimum Gasteiger partial charge on any atom is -0.356 e. The number of unbranched alkanes of at least 4 members (excludes halogenated alkanes) is 25. The second-order valence-electron chi connectivity index (χ2n) is 12.9. The van der Waals surface area contributed by atoms with Gasteiger partial charge >= 0.3 is 0 Å². The van der Waals surface area contributed by atoms with Crippen molar-refractivity contribution < 1.29 is 0 Å². The Morgan fingerprint density at radius 2 is 0.590 bits per heavy atom. The summed E-state index contributed by atoms with van der Waals surface area (Å²) in [7, 11) is 0. The van der Waals surface area contributed by atoms with Crippen molar-refractivity contribution in [3.8, 4) is 0 Å². The van der Waals surface area contributed by atoms with Gasteiger partial charge < -0.3 is 9.80 Å². The molecule has 0 saturated carbocycles. The molecule has 39 heavy (non-hydrogen) atoms. The molecule has 0 spiro atoms. The molecular weight excluding hydrogens is 472 g/mol. The Bertz CT molecular complexity index is 502. The van der Waals surface area contributed by atoms with E-state index < -0.39 is 0 Å². The summed E-state index contributed by atoms with van der Waals surface area (Å²) in [5, 5.41) is 0. The summed E-state index contributed by atoms with van der Waals surface area (Å²) in [5.74, 6) is 0. The Balaban J connectivity index is 2.10. The van der Waals surface area contributed by atoms with E-state index in [1.165, 1.54) is 199 Å². The third-order valence-electron chi connectivity index (χ3n) is 9.07. The van der Waals surface area contributed by atoms with Crippen molar-refractivity contribution >= 4 is 0 Å². The van der Waals surface area contributed by atoms with Gasteiger partial charge in [0.1, 0.15) is 6.17 Å². The van der Waals surface area contributed by atoms with Crippen LogP contribution in [0.15, 0.2) is 12.4 Å². The molecule has 0 aromatic rings. The van der Waals surface area contributed by atoms with E-state index >= 15 is 0 Å². The molecule has 2 heteroatoms. The predicted molar refractivity (Wildman–Crippen MR) is 177 cm³/mol. The summed E-state index contributed by atoms with van der Waals surface area (Å²) in [6.07, 6.45) is 47.0. The Labute approximate surface area is 248 Å². The van der Waals surface area contributed by atoms with Crippen LogP contribution in [0.3, 0.4) is 0 Å². The summed E-state index contributed by atoms with van der Waals surface area (Å²) in [6, 6.07) is 0. The largest absolute Gasteiger partial charge is 0.356 e. The fourth-order valence-electron chi connectivity index (χ4n) is 6.36. The molecule has 1 aliphatic heterocycles. The fourth-order valence-corrected chi connectivity index (χ4v) is 6.36. The standard InChI is InChI=1S/C37H74N2/c1-4-7-10-13-15-17-18-19-20-21-22-23-24-25-27-29-32-37-38(33-30-12-9-6-3)35-36-39(37)34-31-28-26-16-14-11-8-5-2/h35-37H,4-34H2,1-3H3.